The summed E-state index contributed by atoms with van der Waals surface area (Å²) < 4.78 is 5.26. The van der Waals surface area contributed by atoms with Crippen molar-refractivity contribution in [1.29, 1.82) is 0 Å². The monoisotopic (exact) mass is 152 g/mol. The van der Waals surface area contributed by atoms with Crippen LogP contribution < -0.4 is 0 Å². The van der Waals surface area contributed by atoms with E-state index in [1.165, 1.54) is 0 Å². The van der Waals surface area contributed by atoms with Crippen molar-refractivity contribution < 1.29 is 4.74 Å². The standard InChI is InChI=1S/C9H17BO/c1-8(2,7-5-11-7)6-9(3,4)10/h7H,5-6H2,1-4H3. The molecule has 1 saturated heterocycles. The zero-order valence-electron chi connectivity index (χ0n) is 7.98. The molecule has 0 aromatic heterocycles. The van der Waals surface area contributed by atoms with Gasteiger partial charge in [0.25, 0.3) is 0 Å². The number of rotatable bonds is 3. The van der Waals surface area contributed by atoms with Gasteiger partial charge in [0, 0.05) is 0 Å². The zero-order chi connectivity index (χ0) is 8.70. The molecule has 1 atom stereocenters. The van der Waals surface area contributed by atoms with Gasteiger partial charge >= 0.3 is 0 Å². The first kappa shape index (κ1) is 9.12. The van der Waals surface area contributed by atoms with Crippen LogP contribution >= 0.6 is 0 Å². The van der Waals surface area contributed by atoms with Crippen LogP contribution in [0, 0.1) is 5.41 Å². The van der Waals surface area contributed by atoms with Crippen LogP contribution in [-0.4, -0.2) is 20.6 Å². The molecule has 0 spiro atoms. The molecule has 0 aliphatic carbocycles. The van der Waals surface area contributed by atoms with Gasteiger partial charge in [0.2, 0.25) is 0 Å². The lowest BCUT2D eigenvalue weighted by molar-refractivity contribution is 0.208. The van der Waals surface area contributed by atoms with E-state index in [-0.39, 0.29) is 10.7 Å². The average Bonchev–Trinajstić information content (AvgIpc) is 2.30. The summed E-state index contributed by atoms with van der Waals surface area (Å²) in [4.78, 5) is 0. The lowest BCUT2D eigenvalue weighted by Gasteiger charge is -2.31. The summed E-state index contributed by atoms with van der Waals surface area (Å²) in [6, 6.07) is 0. The predicted octanol–water partition coefficient (Wildman–Crippen LogP) is 2.17. The quantitative estimate of drug-likeness (QED) is 0.446. The van der Waals surface area contributed by atoms with Crippen LogP contribution in [-0.2, 0) is 4.74 Å². The van der Waals surface area contributed by atoms with Crippen LogP contribution in [0.2, 0.25) is 5.31 Å². The third-order valence-electron chi connectivity index (χ3n) is 2.12. The van der Waals surface area contributed by atoms with Gasteiger partial charge in [-0.1, -0.05) is 33.0 Å². The van der Waals surface area contributed by atoms with Crippen LogP contribution in [0.3, 0.4) is 0 Å². The molecule has 1 rings (SSSR count). The second-order valence-electron chi connectivity index (χ2n) is 4.98. The summed E-state index contributed by atoms with van der Waals surface area (Å²) >= 11 is 0. The Morgan fingerprint density at radius 3 is 2.09 bits per heavy atom. The maximum absolute atomic E-state index is 5.93. The number of ether oxygens (including phenoxy) is 1. The van der Waals surface area contributed by atoms with E-state index in [9.17, 15) is 0 Å². The minimum Gasteiger partial charge on any atom is -0.373 e. The molecular weight excluding hydrogens is 135 g/mol. The Hall–Kier alpha value is 0.0249. The Morgan fingerprint density at radius 2 is 1.82 bits per heavy atom. The van der Waals surface area contributed by atoms with Crippen LogP contribution in [0.5, 0.6) is 0 Å². The Balaban J connectivity index is 2.45. The molecule has 1 aliphatic heterocycles. The fourth-order valence-corrected chi connectivity index (χ4v) is 1.79. The molecule has 1 unspecified atom stereocenters. The number of epoxide rings is 1. The fraction of sp³-hybridized carbons (Fsp3) is 1.00. The summed E-state index contributed by atoms with van der Waals surface area (Å²) in [5, 5.41) is -0.0740. The molecule has 0 N–H and O–H groups in total. The molecule has 1 heterocycles. The summed E-state index contributed by atoms with van der Waals surface area (Å²) in [7, 11) is 5.93. The van der Waals surface area contributed by atoms with E-state index in [4.69, 9.17) is 12.6 Å². The van der Waals surface area contributed by atoms with E-state index in [1.54, 1.807) is 0 Å². The van der Waals surface area contributed by atoms with Gasteiger partial charge in [-0.3, -0.25) is 0 Å². The molecule has 0 saturated carbocycles. The molecule has 0 amide bonds. The van der Waals surface area contributed by atoms with Gasteiger partial charge in [-0.25, -0.2) is 0 Å². The number of hydrogen-bond donors (Lipinski definition) is 0. The van der Waals surface area contributed by atoms with Crippen molar-refractivity contribution in [2.45, 2.75) is 45.5 Å². The van der Waals surface area contributed by atoms with Crippen molar-refractivity contribution in [2.24, 2.45) is 5.41 Å². The molecule has 1 nitrogen and oxygen atoms in total. The summed E-state index contributed by atoms with van der Waals surface area (Å²) in [5.74, 6) is 0. The van der Waals surface area contributed by atoms with Gasteiger partial charge in [-0.05, 0) is 11.8 Å². The van der Waals surface area contributed by atoms with E-state index in [2.05, 4.69) is 27.7 Å². The molecule has 2 heteroatoms. The Bertz CT molecular complexity index is 142. The lowest BCUT2D eigenvalue weighted by atomic mass is 9.63. The van der Waals surface area contributed by atoms with Gasteiger partial charge in [0.05, 0.1) is 20.6 Å². The van der Waals surface area contributed by atoms with Crippen LogP contribution in [0.4, 0.5) is 0 Å². The van der Waals surface area contributed by atoms with Crippen molar-refractivity contribution in [1.82, 2.24) is 0 Å². The normalized spacial score (nSPS) is 25.3. The summed E-state index contributed by atoms with van der Waals surface area (Å²) in [6.07, 6.45) is 1.47. The van der Waals surface area contributed by atoms with E-state index in [1.807, 2.05) is 0 Å². The number of hydrogen-bond acceptors (Lipinski definition) is 1. The van der Waals surface area contributed by atoms with Crippen molar-refractivity contribution in [3.8, 4) is 0 Å². The van der Waals surface area contributed by atoms with Crippen molar-refractivity contribution in [3.05, 3.63) is 0 Å². The molecule has 11 heavy (non-hydrogen) atoms. The third kappa shape index (κ3) is 2.86. The maximum atomic E-state index is 5.93. The van der Waals surface area contributed by atoms with E-state index in [0.717, 1.165) is 13.0 Å². The minimum absolute atomic E-state index is 0.0740. The average molecular weight is 152 g/mol. The van der Waals surface area contributed by atoms with Gasteiger partial charge < -0.3 is 4.74 Å². The van der Waals surface area contributed by atoms with Gasteiger partial charge in [0.1, 0.15) is 0 Å². The first-order valence-corrected chi connectivity index (χ1v) is 4.22. The highest BCUT2D eigenvalue weighted by Crippen LogP contribution is 2.43. The Morgan fingerprint density at radius 1 is 1.36 bits per heavy atom. The maximum Gasteiger partial charge on any atom is 0.0860 e. The molecule has 62 valence electrons. The van der Waals surface area contributed by atoms with Crippen LogP contribution in [0.1, 0.15) is 34.1 Å². The van der Waals surface area contributed by atoms with Gasteiger partial charge in [-0.15, -0.1) is 0 Å². The Kier molecular flexibility index (Phi) is 2.08. The van der Waals surface area contributed by atoms with Crippen LogP contribution in [0.25, 0.3) is 0 Å². The minimum atomic E-state index is -0.0740. The highest BCUT2D eigenvalue weighted by Gasteiger charge is 2.41. The van der Waals surface area contributed by atoms with Crippen LogP contribution in [0.15, 0.2) is 0 Å². The molecular formula is C9H17BO. The Labute approximate surface area is 70.9 Å². The second kappa shape index (κ2) is 2.51. The highest BCUT2D eigenvalue weighted by atomic mass is 16.6. The first-order valence-electron chi connectivity index (χ1n) is 4.22. The SMILES string of the molecule is [B]C(C)(C)CC(C)(C)C1CO1. The molecule has 0 bridgehead atoms. The smallest absolute Gasteiger partial charge is 0.0860 e. The molecule has 0 aromatic carbocycles. The second-order valence-corrected chi connectivity index (χ2v) is 4.98. The predicted molar refractivity (Wildman–Crippen MR) is 47.9 cm³/mol. The zero-order valence-corrected chi connectivity index (χ0v) is 7.98. The first-order chi connectivity index (χ1) is 4.81. The molecule has 0 aromatic rings. The fourth-order valence-electron chi connectivity index (χ4n) is 1.79. The summed E-state index contributed by atoms with van der Waals surface area (Å²) in [5.41, 5.74) is 0.248. The largest absolute Gasteiger partial charge is 0.373 e. The van der Waals surface area contributed by atoms with E-state index < -0.39 is 0 Å². The van der Waals surface area contributed by atoms with Gasteiger partial charge in [-0.2, -0.15) is 0 Å². The third-order valence-corrected chi connectivity index (χ3v) is 2.12. The van der Waals surface area contributed by atoms with E-state index in [0.29, 0.717) is 6.10 Å². The van der Waals surface area contributed by atoms with E-state index >= 15 is 0 Å². The molecule has 1 aliphatic rings. The van der Waals surface area contributed by atoms with Crippen molar-refractivity contribution in [3.63, 3.8) is 0 Å². The molecule has 1 fully saturated rings. The van der Waals surface area contributed by atoms with Crippen molar-refractivity contribution in [2.75, 3.05) is 6.61 Å². The van der Waals surface area contributed by atoms with Gasteiger partial charge in [0.15, 0.2) is 0 Å². The lowest BCUT2D eigenvalue weighted by Crippen LogP contribution is -2.24. The molecule has 2 radical (unpaired) electrons. The van der Waals surface area contributed by atoms with Crippen molar-refractivity contribution >= 4 is 7.85 Å². The summed E-state index contributed by atoms with van der Waals surface area (Å²) in [6.45, 7) is 9.50. The topological polar surface area (TPSA) is 12.5 Å². The highest BCUT2D eigenvalue weighted by molar-refractivity contribution is 6.14.